The summed E-state index contributed by atoms with van der Waals surface area (Å²) in [5.41, 5.74) is 3.53. The smallest absolute Gasteiger partial charge is 0.261 e. The van der Waals surface area contributed by atoms with E-state index in [9.17, 15) is 9.90 Å². The lowest BCUT2D eigenvalue weighted by Crippen LogP contribution is -2.33. The monoisotopic (exact) mass is 321 g/mol. The van der Waals surface area contributed by atoms with Gasteiger partial charge >= 0.3 is 0 Å². The maximum atomic E-state index is 12.1. The van der Waals surface area contributed by atoms with E-state index in [4.69, 9.17) is 0 Å². The van der Waals surface area contributed by atoms with Gasteiger partial charge in [-0.05, 0) is 43.0 Å². The molecule has 1 aromatic heterocycles. The minimum Gasteiger partial charge on any atom is -0.375 e. The van der Waals surface area contributed by atoms with E-state index in [-0.39, 0.29) is 11.3 Å². The Balaban J connectivity index is 1.62. The van der Waals surface area contributed by atoms with Crippen LogP contribution in [0.1, 0.15) is 37.3 Å². The quantitative estimate of drug-likeness (QED) is 0.795. The summed E-state index contributed by atoms with van der Waals surface area (Å²) in [6.07, 6.45) is 4.65. The normalized spacial score (nSPS) is 25.2. The van der Waals surface area contributed by atoms with Crippen molar-refractivity contribution in [2.24, 2.45) is 0 Å². The molecule has 1 amide bonds. The number of benzene rings is 1. The molecular weight excluding hydrogens is 302 g/mol. The van der Waals surface area contributed by atoms with Gasteiger partial charge in [0.05, 0.1) is 0 Å². The molecule has 5 heteroatoms. The molecule has 1 aromatic carbocycles. The minimum absolute atomic E-state index is 0.288. The van der Waals surface area contributed by atoms with Crippen molar-refractivity contribution in [3.05, 3.63) is 41.6 Å². The molecule has 5 nitrogen and oxygen atoms in total. The van der Waals surface area contributed by atoms with Crippen molar-refractivity contribution in [3.63, 3.8) is 0 Å². The van der Waals surface area contributed by atoms with Gasteiger partial charge in [0.1, 0.15) is 5.82 Å². The fraction of sp³-hybridized carbons (Fsp3) is 0.368. The van der Waals surface area contributed by atoms with Crippen LogP contribution < -0.4 is 10.6 Å². The summed E-state index contributed by atoms with van der Waals surface area (Å²) in [7, 11) is 0. The third kappa shape index (κ3) is 1.68. The molecule has 3 N–H and O–H groups in total. The van der Waals surface area contributed by atoms with Crippen molar-refractivity contribution >= 4 is 17.4 Å². The molecule has 1 fully saturated rings. The van der Waals surface area contributed by atoms with E-state index in [0.29, 0.717) is 17.7 Å². The highest BCUT2D eigenvalue weighted by atomic mass is 16.3. The number of nitrogens with zero attached hydrogens (tertiary/aromatic N) is 1. The zero-order valence-electron chi connectivity index (χ0n) is 13.5. The lowest BCUT2D eigenvalue weighted by Gasteiger charge is -2.19. The third-order valence-electron chi connectivity index (χ3n) is 5.84. The number of anilines is 2. The topological polar surface area (TPSA) is 74.2 Å². The molecule has 2 aliphatic heterocycles. The third-order valence-corrected chi connectivity index (χ3v) is 5.84. The van der Waals surface area contributed by atoms with Crippen LogP contribution in [0.4, 0.5) is 11.5 Å². The summed E-state index contributed by atoms with van der Waals surface area (Å²) in [6, 6.07) is 7.98. The Labute approximate surface area is 140 Å². The Morgan fingerprint density at radius 3 is 2.75 bits per heavy atom. The van der Waals surface area contributed by atoms with Crippen LogP contribution in [0.15, 0.2) is 30.5 Å². The number of pyridine rings is 1. The van der Waals surface area contributed by atoms with Gasteiger partial charge < -0.3 is 15.7 Å². The van der Waals surface area contributed by atoms with Gasteiger partial charge in [0, 0.05) is 40.5 Å². The number of hydrogen-bond donors (Lipinski definition) is 3. The zero-order chi connectivity index (χ0) is 16.5. The lowest BCUT2D eigenvalue weighted by molar-refractivity contribution is -0.133. The Kier molecular flexibility index (Phi) is 2.54. The van der Waals surface area contributed by atoms with Crippen molar-refractivity contribution in [3.8, 4) is 11.1 Å². The maximum Gasteiger partial charge on any atom is 0.261 e. The number of hydrogen-bond acceptors (Lipinski definition) is 4. The molecule has 2 aromatic rings. The van der Waals surface area contributed by atoms with Crippen LogP contribution in [0.5, 0.6) is 0 Å². The molecule has 0 radical (unpaired) electrons. The summed E-state index contributed by atoms with van der Waals surface area (Å²) in [5.74, 6) is 0.657. The Hall–Kier alpha value is -2.40. The molecule has 3 heterocycles. The highest BCUT2D eigenvalue weighted by Gasteiger charge is 2.49. The van der Waals surface area contributed by atoms with Crippen molar-refractivity contribution in [1.29, 1.82) is 0 Å². The summed E-state index contributed by atoms with van der Waals surface area (Å²) >= 11 is 0. The van der Waals surface area contributed by atoms with Crippen LogP contribution in [0.25, 0.3) is 11.1 Å². The Morgan fingerprint density at radius 2 is 2.00 bits per heavy atom. The van der Waals surface area contributed by atoms with Crippen LogP contribution in [-0.4, -0.2) is 22.5 Å². The second-order valence-electron chi connectivity index (χ2n) is 7.18. The van der Waals surface area contributed by atoms with Gasteiger partial charge in [-0.15, -0.1) is 0 Å². The van der Waals surface area contributed by atoms with Gasteiger partial charge in [0.15, 0.2) is 5.60 Å². The predicted molar refractivity (Wildman–Crippen MR) is 91.9 cm³/mol. The van der Waals surface area contributed by atoms with E-state index in [1.54, 1.807) is 0 Å². The maximum absolute atomic E-state index is 12.1. The average molecular weight is 321 g/mol. The van der Waals surface area contributed by atoms with Crippen LogP contribution in [-0.2, 0) is 15.8 Å². The molecule has 1 saturated carbocycles. The number of rotatable bonds is 2. The van der Waals surface area contributed by atoms with Crippen molar-refractivity contribution in [1.82, 2.24) is 4.98 Å². The van der Waals surface area contributed by atoms with Gasteiger partial charge in [-0.3, -0.25) is 4.79 Å². The first-order valence-corrected chi connectivity index (χ1v) is 8.49. The largest absolute Gasteiger partial charge is 0.375 e. The number of amides is 1. The number of aliphatic hydroxyl groups is 1. The Bertz CT molecular complexity index is 888. The summed E-state index contributed by atoms with van der Waals surface area (Å²) in [4.78, 5) is 16.7. The molecule has 1 aliphatic carbocycles. The molecule has 3 aliphatic rings. The first-order valence-electron chi connectivity index (χ1n) is 8.49. The Morgan fingerprint density at radius 1 is 1.21 bits per heavy atom. The highest BCUT2D eigenvalue weighted by molar-refractivity contribution is 6.05. The molecule has 1 spiro atoms. The van der Waals surface area contributed by atoms with Crippen LogP contribution in [0.2, 0.25) is 0 Å². The molecule has 24 heavy (non-hydrogen) atoms. The van der Waals surface area contributed by atoms with E-state index in [0.717, 1.165) is 23.5 Å². The van der Waals surface area contributed by atoms with Gasteiger partial charge in [-0.1, -0.05) is 13.0 Å². The lowest BCUT2D eigenvalue weighted by atomic mass is 9.90. The van der Waals surface area contributed by atoms with E-state index in [2.05, 4.69) is 21.7 Å². The van der Waals surface area contributed by atoms with E-state index < -0.39 is 5.60 Å². The fourth-order valence-corrected chi connectivity index (χ4v) is 3.99. The predicted octanol–water partition coefficient (Wildman–Crippen LogP) is 2.76. The van der Waals surface area contributed by atoms with Crippen molar-refractivity contribution in [2.45, 2.75) is 37.2 Å². The number of aromatic nitrogens is 1. The van der Waals surface area contributed by atoms with Crippen molar-refractivity contribution in [2.75, 3.05) is 17.2 Å². The summed E-state index contributed by atoms with van der Waals surface area (Å²) in [6.45, 7) is 2.80. The summed E-state index contributed by atoms with van der Waals surface area (Å²) in [5, 5.41) is 16.9. The molecule has 1 atom stereocenters. The molecule has 0 bridgehead atoms. The van der Waals surface area contributed by atoms with Crippen LogP contribution >= 0.6 is 0 Å². The molecular formula is C19H19N3O2. The van der Waals surface area contributed by atoms with Crippen LogP contribution in [0.3, 0.4) is 0 Å². The van der Waals surface area contributed by atoms with E-state index >= 15 is 0 Å². The van der Waals surface area contributed by atoms with E-state index in [1.807, 2.05) is 31.3 Å². The molecule has 5 rings (SSSR count). The average Bonchev–Trinajstić information content (AvgIpc) is 3.24. The number of fused-ring (bicyclic) bond motifs is 3. The van der Waals surface area contributed by atoms with Gasteiger partial charge in [-0.2, -0.15) is 0 Å². The summed E-state index contributed by atoms with van der Waals surface area (Å²) < 4.78 is 0. The fourth-order valence-electron chi connectivity index (χ4n) is 3.99. The first kappa shape index (κ1) is 14.0. The standard InChI is InChI=1S/C19H19N3O2/c1-2-19(24)13-7-11(3-4-15(13)22-17(19)23)12-8-14-16(20-9-12)21-10-18(14)5-6-18/h3-4,7-9,24H,2,5-6,10H2,1H3,(H,20,21)(H,22,23). The zero-order valence-corrected chi connectivity index (χ0v) is 13.5. The first-order chi connectivity index (χ1) is 11.6. The number of nitrogens with one attached hydrogen (secondary N) is 2. The van der Waals surface area contributed by atoms with Gasteiger partial charge in [-0.25, -0.2) is 4.98 Å². The van der Waals surface area contributed by atoms with E-state index in [1.165, 1.54) is 18.4 Å². The highest BCUT2D eigenvalue weighted by Crippen LogP contribution is 2.54. The molecule has 122 valence electrons. The second-order valence-corrected chi connectivity index (χ2v) is 7.18. The second kappa shape index (κ2) is 4.36. The van der Waals surface area contributed by atoms with Crippen LogP contribution in [0, 0.1) is 0 Å². The SMILES string of the molecule is CCC1(O)C(=O)Nc2ccc(-c3cnc4c(c3)C3(CC3)CN4)cc21. The van der Waals surface area contributed by atoms with Crippen molar-refractivity contribution < 1.29 is 9.90 Å². The molecule has 1 unspecified atom stereocenters. The number of carbonyl (C=O) groups excluding carboxylic acids is 1. The number of carbonyl (C=O) groups is 1. The molecule has 0 saturated heterocycles. The van der Waals surface area contributed by atoms with Gasteiger partial charge in [0.2, 0.25) is 0 Å². The van der Waals surface area contributed by atoms with Gasteiger partial charge in [0.25, 0.3) is 5.91 Å². The minimum atomic E-state index is -1.44.